The van der Waals surface area contributed by atoms with Crippen molar-refractivity contribution in [2.24, 2.45) is 0 Å². The number of carboxylic acids is 1. The van der Waals surface area contributed by atoms with Crippen LogP contribution in [0.3, 0.4) is 0 Å². The summed E-state index contributed by atoms with van der Waals surface area (Å²) in [6, 6.07) is 7.32. The minimum absolute atomic E-state index is 0.0180. The Morgan fingerprint density at radius 3 is 2.65 bits per heavy atom. The van der Waals surface area contributed by atoms with Gasteiger partial charge in [0.05, 0.1) is 0 Å². The van der Waals surface area contributed by atoms with Gasteiger partial charge in [-0.1, -0.05) is 43.6 Å². The summed E-state index contributed by atoms with van der Waals surface area (Å²) in [5.41, 5.74) is 1.06. The molecular formula is C13H12ClNO2. The number of rotatable bonds is 2. The highest BCUT2D eigenvalue weighted by atomic mass is 35.5. The molecule has 1 aromatic carbocycles. The minimum atomic E-state index is -1.06. The van der Waals surface area contributed by atoms with Crippen molar-refractivity contribution in [3.05, 3.63) is 40.7 Å². The molecule has 0 bridgehead atoms. The van der Waals surface area contributed by atoms with E-state index in [1.165, 1.54) is 0 Å². The molecule has 17 heavy (non-hydrogen) atoms. The van der Waals surface area contributed by atoms with E-state index in [4.69, 9.17) is 16.7 Å². The third-order valence-corrected chi connectivity index (χ3v) is 2.99. The number of nitrogens with zero attached hydrogens (tertiary/aromatic N) is 1. The van der Waals surface area contributed by atoms with Crippen molar-refractivity contribution in [1.29, 1.82) is 0 Å². The first-order chi connectivity index (χ1) is 8.00. The van der Waals surface area contributed by atoms with Gasteiger partial charge in [0.2, 0.25) is 0 Å². The summed E-state index contributed by atoms with van der Waals surface area (Å²) in [6.45, 7) is 4.12. The Morgan fingerprint density at radius 2 is 2.06 bits per heavy atom. The van der Waals surface area contributed by atoms with Gasteiger partial charge in [-0.2, -0.15) is 0 Å². The van der Waals surface area contributed by atoms with E-state index in [9.17, 15) is 4.79 Å². The fourth-order valence-electron chi connectivity index (χ4n) is 1.87. The van der Waals surface area contributed by atoms with E-state index in [1.807, 2.05) is 18.2 Å². The standard InChI is InChI=1S/C13H12ClNO2/c1-7(2)8-4-3-5-9-10(8)6-11(13(16)17)15-12(9)14/h3-7H,1-2H3,(H,16,17). The molecule has 1 aromatic heterocycles. The smallest absolute Gasteiger partial charge is 0.354 e. The van der Waals surface area contributed by atoms with E-state index in [-0.39, 0.29) is 10.8 Å². The molecule has 0 aliphatic rings. The van der Waals surface area contributed by atoms with Crippen molar-refractivity contribution in [3.63, 3.8) is 0 Å². The number of aromatic nitrogens is 1. The predicted octanol–water partition coefficient (Wildman–Crippen LogP) is 3.71. The van der Waals surface area contributed by atoms with Crippen LogP contribution in [0.15, 0.2) is 24.3 Å². The lowest BCUT2D eigenvalue weighted by Gasteiger charge is -2.11. The molecule has 0 amide bonds. The van der Waals surface area contributed by atoms with Gasteiger partial charge in [-0.15, -0.1) is 0 Å². The second-order valence-corrected chi connectivity index (χ2v) is 4.56. The van der Waals surface area contributed by atoms with E-state index in [0.717, 1.165) is 16.3 Å². The molecule has 1 N–H and O–H groups in total. The Kier molecular flexibility index (Phi) is 3.03. The predicted molar refractivity (Wildman–Crippen MR) is 67.8 cm³/mol. The quantitative estimate of drug-likeness (QED) is 0.826. The molecular weight excluding hydrogens is 238 g/mol. The molecule has 0 spiro atoms. The second-order valence-electron chi connectivity index (χ2n) is 4.20. The molecule has 0 aliphatic heterocycles. The Labute approximate surface area is 104 Å². The Hall–Kier alpha value is -1.61. The topological polar surface area (TPSA) is 50.2 Å². The minimum Gasteiger partial charge on any atom is -0.477 e. The van der Waals surface area contributed by atoms with Gasteiger partial charge < -0.3 is 5.11 Å². The summed E-state index contributed by atoms with van der Waals surface area (Å²) in [4.78, 5) is 14.8. The maximum absolute atomic E-state index is 11.0. The van der Waals surface area contributed by atoms with Crippen molar-refractivity contribution in [2.75, 3.05) is 0 Å². The molecule has 0 aliphatic carbocycles. The van der Waals surface area contributed by atoms with Gasteiger partial charge in [-0.3, -0.25) is 0 Å². The highest BCUT2D eigenvalue weighted by Gasteiger charge is 2.13. The first-order valence-corrected chi connectivity index (χ1v) is 5.71. The number of aromatic carboxylic acids is 1. The number of hydrogen-bond donors (Lipinski definition) is 1. The van der Waals surface area contributed by atoms with Gasteiger partial charge in [-0.25, -0.2) is 9.78 Å². The van der Waals surface area contributed by atoms with E-state index in [2.05, 4.69) is 18.8 Å². The molecule has 2 rings (SSSR count). The van der Waals surface area contributed by atoms with Crippen LogP contribution < -0.4 is 0 Å². The number of pyridine rings is 1. The zero-order valence-electron chi connectivity index (χ0n) is 9.57. The molecule has 0 atom stereocenters. The molecule has 0 radical (unpaired) electrons. The number of benzene rings is 1. The number of fused-ring (bicyclic) bond motifs is 1. The van der Waals surface area contributed by atoms with Crippen LogP contribution in [0, 0.1) is 0 Å². The van der Waals surface area contributed by atoms with Crippen molar-refractivity contribution in [3.8, 4) is 0 Å². The third kappa shape index (κ3) is 2.11. The SMILES string of the molecule is CC(C)c1cccc2c(Cl)nc(C(=O)O)cc12. The summed E-state index contributed by atoms with van der Waals surface area (Å²) in [7, 11) is 0. The van der Waals surface area contributed by atoms with Crippen LogP contribution >= 0.6 is 11.6 Å². The summed E-state index contributed by atoms with van der Waals surface area (Å²) in [5, 5.41) is 10.9. The van der Waals surface area contributed by atoms with E-state index in [0.29, 0.717) is 5.92 Å². The normalized spacial score (nSPS) is 11.1. The first-order valence-electron chi connectivity index (χ1n) is 5.33. The van der Waals surface area contributed by atoms with Crippen LogP contribution in [0.2, 0.25) is 5.15 Å². The van der Waals surface area contributed by atoms with Gasteiger partial charge in [0.1, 0.15) is 5.15 Å². The molecule has 4 heteroatoms. The summed E-state index contributed by atoms with van der Waals surface area (Å²) in [5.74, 6) is -0.758. The van der Waals surface area contributed by atoms with Crippen LogP contribution in [-0.2, 0) is 0 Å². The number of hydrogen-bond acceptors (Lipinski definition) is 2. The number of carboxylic acid groups (broad SMARTS) is 1. The Bertz CT molecular complexity index is 593. The van der Waals surface area contributed by atoms with Gasteiger partial charge in [0, 0.05) is 5.39 Å². The van der Waals surface area contributed by atoms with Crippen molar-refractivity contribution >= 4 is 28.3 Å². The molecule has 3 nitrogen and oxygen atoms in total. The lowest BCUT2D eigenvalue weighted by molar-refractivity contribution is 0.0690. The monoisotopic (exact) mass is 249 g/mol. The fourth-order valence-corrected chi connectivity index (χ4v) is 2.13. The van der Waals surface area contributed by atoms with Gasteiger partial charge in [0.25, 0.3) is 0 Å². The second kappa shape index (κ2) is 4.34. The van der Waals surface area contributed by atoms with E-state index in [1.54, 1.807) is 6.07 Å². The summed E-state index contributed by atoms with van der Waals surface area (Å²) < 4.78 is 0. The van der Waals surface area contributed by atoms with Gasteiger partial charge >= 0.3 is 5.97 Å². The number of carbonyl (C=O) groups is 1. The van der Waals surface area contributed by atoms with Crippen LogP contribution in [0.1, 0.15) is 35.8 Å². The van der Waals surface area contributed by atoms with Crippen molar-refractivity contribution < 1.29 is 9.90 Å². The Balaban J connectivity index is 2.83. The van der Waals surface area contributed by atoms with Gasteiger partial charge in [-0.05, 0) is 22.9 Å². The molecule has 0 saturated heterocycles. The fraction of sp³-hybridized carbons (Fsp3) is 0.231. The van der Waals surface area contributed by atoms with Crippen molar-refractivity contribution in [2.45, 2.75) is 19.8 Å². The third-order valence-electron chi connectivity index (χ3n) is 2.70. The largest absolute Gasteiger partial charge is 0.477 e. The van der Waals surface area contributed by atoms with E-state index >= 15 is 0 Å². The average molecular weight is 250 g/mol. The molecule has 0 saturated carbocycles. The molecule has 88 valence electrons. The van der Waals surface area contributed by atoms with Crippen LogP contribution in [0.25, 0.3) is 10.8 Å². The zero-order valence-corrected chi connectivity index (χ0v) is 10.3. The lowest BCUT2D eigenvalue weighted by Crippen LogP contribution is -2.01. The average Bonchev–Trinajstić information content (AvgIpc) is 2.27. The molecule has 2 aromatic rings. The van der Waals surface area contributed by atoms with Gasteiger partial charge in [0.15, 0.2) is 5.69 Å². The van der Waals surface area contributed by atoms with Crippen LogP contribution in [0.5, 0.6) is 0 Å². The molecule has 0 unspecified atom stereocenters. The summed E-state index contributed by atoms with van der Waals surface area (Å²) >= 11 is 6.01. The number of halogens is 1. The lowest BCUT2D eigenvalue weighted by atomic mass is 9.96. The van der Waals surface area contributed by atoms with Crippen molar-refractivity contribution in [1.82, 2.24) is 4.98 Å². The maximum atomic E-state index is 11.0. The zero-order chi connectivity index (χ0) is 12.6. The molecule has 0 fully saturated rings. The van der Waals surface area contributed by atoms with Crippen LogP contribution in [-0.4, -0.2) is 16.1 Å². The highest BCUT2D eigenvalue weighted by molar-refractivity contribution is 6.34. The maximum Gasteiger partial charge on any atom is 0.354 e. The first kappa shape index (κ1) is 11.9. The van der Waals surface area contributed by atoms with E-state index < -0.39 is 5.97 Å². The molecule has 1 heterocycles. The Morgan fingerprint density at radius 1 is 1.35 bits per heavy atom. The van der Waals surface area contributed by atoms with Crippen LogP contribution in [0.4, 0.5) is 0 Å². The summed E-state index contributed by atoms with van der Waals surface area (Å²) in [6.07, 6.45) is 0. The highest BCUT2D eigenvalue weighted by Crippen LogP contribution is 2.29.